The number of benzene rings is 2. The predicted octanol–water partition coefficient (Wildman–Crippen LogP) is 5.92. The first-order chi connectivity index (χ1) is 17.2. The minimum absolute atomic E-state index is 0.00165. The van der Waals surface area contributed by atoms with Crippen LogP contribution in [0.15, 0.2) is 79.0 Å². The van der Waals surface area contributed by atoms with E-state index in [9.17, 15) is 4.79 Å². The van der Waals surface area contributed by atoms with Gasteiger partial charge in [0.25, 0.3) is 0 Å². The van der Waals surface area contributed by atoms with Crippen molar-refractivity contribution in [1.29, 1.82) is 0 Å². The van der Waals surface area contributed by atoms with E-state index in [1.54, 1.807) is 0 Å². The largest absolute Gasteiger partial charge is 0.335 e. The molecule has 6 rings (SSSR count). The average molecular weight is 466 g/mol. The molecule has 178 valence electrons. The number of hydrogen-bond donors (Lipinski definition) is 1. The van der Waals surface area contributed by atoms with Crippen LogP contribution >= 0.6 is 0 Å². The molecule has 1 aliphatic heterocycles. The lowest BCUT2D eigenvalue weighted by Gasteiger charge is -2.33. The lowest BCUT2D eigenvalue weighted by molar-refractivity contribution is 0.173. The van der Waals surface area contributed by atoms with E-state index in [1.807, 2.05) is 40.8 Å². The molecule has 2 aromatic heterocycles. The van der Waals surface area contributed by atoms with Crippen LogP contribution < -0.4 is 5.32 Å². The van der Waals surface area contributed by atoms with Crippen LogP contribution in [0.3, 0.4) is 0 Å². The molecule has 3 heterocycles. The third-order valence-electron chi connectivity index (χ3n) is 7.40. The third-order valence-corrected chi connectivity index (χ3v) is 7.40. The number of carbonyl (C=O) groups excluding carboxylic acids is 1. The van der Waals surface area contributed by atoms with Crippen LogP contribution in [0.4, 0.5) is 4.79 Å². The van der Waals surface area contributed by atoms with Gasteiger partial charge >= 0.3 is 6.03 Å². The van der Waals surface area contributed by atoms with Crippen molar-refractivity contribution in [1.82, 2.24) is 24.6 Å². The van der Waals surface area contributed by atoms with Crippen molar-refractivity contribution in [2.75, 3.05) is 0 Å². The van der Waals surface area contributed by atoms with Crippen LogP contribution in [0.25, 0.3) is 11.5 Å². The van der Waals surface area contributed by atoms with Crippen LogP contribution in [-0.2, 0) is 6.54 Å². The molecule has 1 fully saturated rings. The average Bonchev–Trinajstić information content (AvgIpc) is 3.46. The second-order valence-electron chi connectivity index (χ2n) is 9.66. The van der Waals surface area contributed by atoms with Gasteiger partial charge in [-0.1, -0.05) is 67.8 Å². The molecule has 2 aromatic carbocycles. The summed E-state index contributed by atoms with van der Waals surface area (Å²) in [6.07, 6.45) is 7.83. The molecule has 6 heteroatoms. The molecule has 0 spiro atoms. The first-order valence-corrected chi connectivity index (χ1v) is 12.6. The first-order valence-electron chi connectivity index (χ1n) is 12.6. The summed E-state index contributed by atoms with van der Waals surface area (Å²) in [6.45, 7) is 2.54. The molecule has 1 atom stereocenters. The predicted molar refractivity (Wildman–Crippen MR) is 137 cm³/mol. The molecule has 4 aromatic rings. The van der Waals surface area contributed by atoms with E-state index in [0.29, 0.717) is 6.54 Å². The van der Waals surface area contributed by atoms with Crippen LogP contribution in [0, 0.1) is 6.92 Å². The number of aromatic nitrogens is 3. The molecule has 6 nitrogen and oxygen atoms in total. The SMILES string of the molecule is Cc1nn(-c2ccccc2)c2c1CN(C(=O)NC1CCCCC1)[C@@H](c1ccccc1)c1cccn1-2. The fourth-order valence-corrected chi connectivity index (χ4v) is 5.64. The number of carbonyl (C=O) groups is 1. The number of urea groups is 1. The molecule has 1 aliphatic carbocycles. The Labute approximate surface area is 206 Å². The van der Waals surface area contributed by atoms with Gasteiger partial charge in [-0.15, -0.1) is 0 Å². The Morgan fingerprint density at radius 1 is 0.914 bits per heavy atom. The van der Waals surface area contributed by atoms with Crippen molar-refractivity contribution in [3.05, 3.63) is 102 Å². The van der Waals surface area contributed by atoms with Crippen molar-refractivity contribution in [2.45, 2.75) is 57.7 Å². The highest BCUT2D eigenvalue weighted by Crippen LogP contribution is 2.38. The highest BCUT2D eigenvalue weighted by Gasteiger charge is 2.36. The summed E-state index contributed by atoms with van der Waals surface area (Å²) in [5, 5.41) is 8.31. The fourth-order valence-electron chi connectivity index (χ4n) is 5.64. The van der Waals surface area contributed by atoms with Crippen LogP contribution in [0.1, 0.15) is 60.7 Å². The minimum Gasteiger partial charge on any atom is -0.335 e. The van der Waals surface area contributed by atoms with Gasteiger partial charge < -0.3 is 14.8 Å². The second-order valence-corrected chi connectivity index (χ2v) is 9.66. The van der Waals surface area contributed by atoms with Crippen molar-refractivity contribution in [2.24, 2.45) is 0 Å². The minimum atomic E-state index is -0.203. The highest BCUT2D eigenvalue weighted by molar-refractivity contribution is 5.76. The maximum Gasteiger partial charge on any atom is 0.318 e. The smallest absolute Gasteiger partial charge is 0.318 e. The third kappa shape index (κ3) is 3.93. The van der Waals surface area contributed by atoms with Gasteiger partial charge in [-0.05, 0) is 49.6 Å². The Morgan fingerprint density at radius 2 is 1.63 bits per heavy atom. The van der Waals surface area contributed by atoms with E-state index >= 15 is 0 Å². The molecule has 0 radical (unpaired) electrons. The summed E-state index contributed by atoms with van der Waals surface area (Å²) in [5.74, 6) is 1.00. The lowest BCUT2D eigenvalue weighted by Crippen LogP contribution is -2.46. The summed E-state index contributed by atoms with van der Waals surface area (Å²) in [5.41, 5.74) is 5.18. The zero-order chi connectivity index (χ0) is 23.8. The van der Waals surface area contributed by atoms with Crippen molar-refractivity contribution >= 4 is 6.03 Å². The summed E-state index contributed by atoms with van der Waals surface area (Å²) in [4.78, 5) is 15.9. The Hall–Kier alpha value is -3.80. The van der Waals surface area contributed by atoms with Gasteiger partial charge in [0.1, 0.15) is 5.82 Å². The summed E-state index contributed by atoms with van der Waals surface area (Å²) in [7, 11) is 0. The maximum absolute atomic E-state index is 13.9. The van der Waals surface area contributed by atoms with E-state index in [-0.39, 0.29) is 18.1 Å². The van der Waals surface area contributed by atoms with Crippen LogP contribution in [0.2, 0.25) is 0 Å². The van der Waals surface area contributed by atoms with Gasteiger partial charge in [0.05, 0.1) is 29.7 Å². The molecule has 2 amide bonds. The zero-order valence-electron chi connectivity index (χ0n) is 20.1. The normalized spacial score (nSPS) is 18.0. The summed E-state index contributed by atoms with van der Waals surface area (Å²) >= 11 is 0. The molecule has 1 saturated carbocycles. The molecule has 2 aliphatic rings. The van der Waals surface area contributed by atoms with Gasteiger partial charge in [-0.3, -0.25) is 0 Å². The zero-order valence-corrected chi connectivity index (χ0v) is 20.1. The highest BCUT2D eigenvalue weighted by atomic mass is 16.2. The molecule has 1 N–H and O–H groups in total. The summed E-state index contributed by atoms with van der Waals surface area (Å²) in [6, 6.07) is 24.8. The van der Waals surface area contributed by atoms with E-state index < -0.39 is 0 Å². The monoisotopic (exact) mass is 465 g/mol. The molecule has 0 unspecified atom stereocenters. The quantitative estimate of drug-likeness (QED) is 0.408. The summed E-state index contributed by atoms with van der Waals surface area (Å²) < 4.78 is 4.23. The van der Waals surface area contributed by atoms with Crippen LogP contribution in [-0.4, -0.2) is 31.3 Å². The lowest BCUT2D eigenvalue weighted by atomic mass is 9.95. The van der Waals surface area contributed by atoms with E-state index in [1.165, 1.54) is 19.3 Å². The van der Waals surface area contributed by atoms with Gasteiger partial charge in [0.15, 0.2) is 0 Å². The Morgan fingerprint density at radius 3 is 2.37 bits per heavy atom. The van der Waals surface area contributed by atoms with E-state index in [0.717, 1.165) is 46.9 Å². The Balaban J connectivity index is 1.50. The topological polar surface area (TPSA) is 55.1 Å². The Kier molecular flexibility index (Phi) is 5.64. The number of nitrogens with one attached hydrogen (secondary N) is 1. The second kappa shape index (κ2) is 9.10. The molecular formula is C29H31N5O. The Bertz CT molecular complexity index is 1320. The van der Waals surface area contributed by atoms with Gasteiger partial charge in [0.2, 0.25) is 0 Å². The van der Waals surface area contributed by atoms with E-state index in [2.05, 4.69) is 64.6 Å². The van der Waals surface area contributed by atoms with Gasteiger partial charge in [0, 0.05) is 17.8 Å². The van der Waals surface area contributed by atoms with Gasteiger partial charge in [-0.25, -0.2) is 9.48 Å². The number of amides is 2. The fraction of sp³-hybridized carbons (Fsp3) is 0.310. The van der Waals surface area contributed by atoms with E-state index in [4.69, 9.17) is 5.10 Å². The number of fused-ring (bicyclic) bond motifs is 3. The van der Waals surface area contributed by atoms with Crippen molar-refractivity contribution < 1.29 is 4.79 Å². The first kappa shape index (κ1) is 21.7. The number of nitrogens with zero attached hydrogens (tertiary/aromatic N) is 4. The number of aryl methyl sites for hydroxylation is 1. The molecule has 35 heavy (non-hydrogen) atoms. The molecular weight excluding hydrogens is 434 g/mol. The maximum atomic E-state index is 13.9. The number of rotatable bonds is 3. The number of para-hydroxylation sites is 1. The standard InChI is InChI=1S/C29H31N5O/c1-21-25-20-33(29(35)30-23-14-7-3-8-15-23)27(22-12-5-2-6-13-22)26-18-11-19-32(26)28(25)34(31-21)24-16-9-4-10-17-24/h2,4-6,9-13,16-19,23,27H,3,7-8,14-15,20H2,1H3,(H,30,35)/t27-/m0/s1. The van der Waals surface area contributed by atoms with Crippen molar-refractivity contribution in [3.8, 4) is 11.5 Å². The van der Waals surface area contributed by atoms with Gasteiger partial charge in [-0.2, -0.15) is 5.10 Å². The van der Waals surface area contributed by atoms with Crippen molar-refractivity contribution in [3.63, 3.8) is 0 Å². The van der Waals surface area contributed by atoms with Crippen LogP contribution in [0.5, 0.6) is 0 Å². The number of hydrogen-bond acceptors (Lipinski definition) is 2. The molecule has 0 saturated heterocycles. The molecule has 0 bridgehead atoms.